The molecule has 3 aliphatic rings. The SMILES string of the molecule is O=C(NCc1c(F)cccc1F)c1cn2c(c(O)c1=O)C(=O)N1C3CCC(C3)O[C@H]1C2. The molecule has 2 unspecified atom stereocenters. The van der Waals surface area contributed by atoms with Crippen LogP contribution in [0.25, 0.3) is 0 Å². The number of halogens is 2. The molecule has 8 nitrogen and oxygen atoms in total. The first-order valence-electron chi connectivity index (χ1n) is 10.0. The van der Waals surface area contributed by atoms with Crippen LogP contribution >= 0.6 is 0 Å². The van der Waals surface area contributed by atoms with Gasteiger partial charge in [-0.25, -0.2) is 8.78 Å². The Kier molecular flexibility index (Phi) is 4.54. The molecule has 1 aliphatic carbocycles. The van der Waals surface area contributed by atoms with E-state index in [1.165, 1.54) is 16.8 Å². The molecule has 0 radical (unpaired) electrons. The van der Waals surface area contributed by atoms with Crippen LogP contribution in [0.4, 0.5) is 8.78 Å². The molecule has 2 amide bonds. The number of rotatable bonds is 3. The predicted octanol–water partition coefficient (Wildman–Crippen LogP) is 1.50. The molecule has 2 bridgehead atoms. The molecule has 2 fully saturated rings. The molecule has 5 rings (SSSR count). The number of nitrogens with zero attached hydrogens (tertiary/aromatic N) is 2. The number of pyridine rings is 1. The molecular weight excluding hydrogens is 412 g/mol. The van der Waals surface area contributed by atoms with Gasteiger partial charge in [0.05, 0.1) is 12.6 Å². The summed E-state index contributed by atoms with van der Waals surface area (Å²) in [6, 6.07) is 3.31. The molecule has 1 saturated carbocycles. The van der Waals surface area contributed by atoms with Crippen molar-refractivity contribution in [1.82, 2.24) is 14.8 Å². The Bertz CT molecular complexity index is 1140. The standard InChI is InChI=1S/C21H19F2N3O5/c22-14-2-1-3-15(23)12(14)7-24-20(29)13-8-25-9-16-26(10-4-5-11(6-10)31-16)21(30)17(25)19(28)18(13)27/h1-3,8,10-11,16,28H,4-7,9H2,(H,24,29)/t10?,11?,16-/m0/s1. The summed E-state index contributed by atoms with van der Waals surface area (Å²) in [6.07, 6.45) is 3.05. The van der Waals surface area contributed by atoms with Gasteiger partial charge < -0.3 is 24.6 Å². The lowest BCUT2D eigenvalue weighted by Gasteiger charge is -2.44. The van der Waals surface area contributed by atoms with Crippen molar-refractivity contribution >= 4 is 11.8 Å². The van der Waals surface area contributed by atoms with Crippen molar-refractivity contribution in [2.45, 2.75) is 50.7 Å². The van der Waals surface area contributed by atoms with E-state index in [0.717, 1.165) is 31.4 Å². The number of hydrogen-bond acceptors (Lipinski definition) is 5. The number of carbonyl (C=O) groups is 2. The third-order valence-electron chi connectivity index (χ3n) is 6.19. The second-order valence-electron chi connectivity index (χ2n) is 8.00. The van der Waals surface area contributed by atoms with Crippen molar-refractivity contribution < 1.29 is 28.2 Å². The molecule has 1 aromatic heterocycles. The number of benzene rings is 1. The molecule has 3 atom stereocenters. The average Bonchev–Trinajstić information content (AvgIpc) is 3.10. The smallest absolute Gasteiger partial charge is 0.276 e. The quantitative estimate of drug-likeness (QED) is 0.767. The maximum atomic E-state index is 13.8. The number of amides is 2. The Morgan fingerprint density at radius 3 is 2.71 bits per heavy atom. The van der Waals surface area contributed by atoms with E-state index in [1.807, 2.05) is 0 Å². The van der Waals surface area contributed by atoms with E-state index >= 15 is 0 Å². The first-order chi connectivity index (χ1) is 14.8. The van der Waals surface area contributed by atoms with Gasteiger partial charge in [0.1, 0.15) is 17.2 Å². The lowest BCUT2D eigenvalue weighted by atomic mass is 10.1. The van der Waals surface area contributed by atoms with Gasteiger partial charge in [-0.15, -0.1) is 0 Å². The zero-order valence-electron chi connectivity index (χ0n) is 16.3. The molecule has 1 aromatic carbocycles. The predicted molar refractivity (Wildman–Crippen MR) is 102 cm³/mol. The Morgan fingerprint density at radius 2 is 1.97 bits per heavy atom. The monoisotopic (exact) mass is 431 g/mol. The van der Waals surface area contributed by atoms with E-state index in [9.17, 15) is 28.3 Å². The fourth-order valence-electron chi connectivity index (χ4n) is 4.68. The number of fused-ring (bicyclic) bond motifs is 5. The minimum absolute atomic E-state index is 0.00172. The highest BCUT2D eigenvalue weighted by molar-refractivity contribution is 5.99. The fourth-order valence-corrected chi connectivity index (χ4v) is 4.68. The van der Waals surface area contributed by atoms with Crippen LogP contribution in [-0.4, -0.2) is 44.8 Å². The van der Waals surface area contributed by atoms with E-state index in [4.69, 9.17) is 4.74 Å². The maximum Gasteiger partial charge on any atom is 0.276 e. The van der Waals surface area contributed by atoms with Gasteiger partial charge in [0.2, 0.25) is 5.43 Å². The maximum absolute atomic E-state index is 13.8. The van der Waals surface area contributed by atoms with Gasteiger partial charge in [-0.2, -0.15) is 0 Å². The molecule has 10 heteroatoms. The Balaban J connectivity index is 1.45. The van der Waals surface area contributed by atoms with Crippen molar-refractivity contribution in [2.75, 3.05) is 0 Å². The van der Waals surface area contributed by atoms with Crippen LogP contribution in [0.5, 0.6) is 5.75 Å². The number of nitrogens with one attached hydrogen (secondary N) is 1. The van der Waals surface area contributed by atoms with Crippen molar-refractivity contribution in [3.63, 3.8) is 0 Å². The van der Waals surface area contributed by atoms with E-state index in [-0.39, 0.29) is 29.9 Å². The summed E-state index contributed by atoms with van der Waals surface area (Å²) in [7, 11) is 0. The number of ether oxygens (including phenoxy) is 1. The van der Waals surface area contributed by atoms with Crippen LogP contribution in [0.2, 0.25) is 0 Å². The van der Waals surface area contributed by atoms with Crippen LogP contribution in [0.1, 0.15) is 45.7 Å². The Labute approximate surface area is 175 Å². The molecule has 31 heavy (non-hydrogen) atoms. The molecule has 2 aromatic rings. The highest BCUT2D eigenvalue weighted by Crippen LogP contribution is 2.38. The average molecular weight is 431 g/mol. The topological polar surface area (TPSA) is 101 Å². The summed E-state index contributed by atoms with van der Waals surface area (Å²) in [5, 5.41) is 12.7. The van der Waals surface area contributed by atoms with Gasteiger partial charge in [-0.1, -0.05) is 6.07 Å². The molecule has 1 saturated heterocycles. The fraction of sp³-hybridized carbons (Fsp3) is 0.381. The normalized spacial score (nSPS) is 24.0. The minimum Gasteiger partial charge on any atom is -0.503 e. The van der Waals surface area contributed by atoms with E-state index < -0.39 is 53.0 Å². The van der Waals surface area contributed by atoms with Crippen molar-refractivity contribution in [3.8, 4) is 5.75 Å². The highest BCUT2D eigenvalue weighted by Gasteiger charge is 2.47. The zero-order valence-corrected chi connectivity index (χ0v) is 16.3. The first kappa shape index (κ1) is 19.7. The number of hydrogen-bond donors (Lipinski definition) is 2. The van der Waals surface area contributed by atoms with Gasteiger partial charge in [0.25, 0.3) is 11.8 Å². The van der Waals surface area contributed by atoms with Crippen LogP contribution in [0.3, 0.4) is 0 Å². The molecule has 0 spiro atoms. The van der Waals surface area contributed by atoms with Crippen LogP contribution in [-0.2, 0) is 17.8 Å². The summed E-state index contributed by atoms with van der Waals surface area (Å²) in [6.45, 7) is -0.328. The van der Waals surface area contributed by atoms with Gasteiger partial charge in [-0.05, 0) is 31.4 Å². The second kappa shape index (κ2) is 7.16. The van der Waals surface area contributed by atoms with Gasteiger partial charge in [-0.3, -0.25) is 14.4 Å². The first-order valence-corrected chi connectivity index (χ1v) is 10.0. The molecule has 2 aliphatic heterocycles. The van der Waals surface area contributed by atoms with Gasteiger partial charge >= 0.3 is 0 Å². The van der Waals surface area contributed by atoms with Gasteiger partial charge in [0, 0.05) is 24.3 Å². The van der Waals surface area contributed by atoms with Crippen molar-refractivity contribution in [1.29, 1.82) is 0 Å². The summed E-state index contributed by atoms with van der Waals surface area (Å²) in [5.41, 5.74) is -1.99. The highest BCUT2D eigenvalue weighted by atomic mass is 19.1. The molecule has 2 N–H and O–H groups in total. The van der Waals surface area contributed by atoms with Crippen molar-refractivity contribution in [3.05, 3.63) is 63.1 Å². The summed E-state index contributed by atoms with van der Waals surface area (Å²) >= 11 is 0. The van der Waals surface area contributed by atoms with E-state index in [1.54, 1.807) is 4.90 Å². The Hall–Kier alpha value is -3.27. The molecule has 162 valence electrons. The summed E-state index contributed by atoms with van der Waals surface area (Å²) in [5.74, 6) is -3.93. The third-order valence-corrected chi connectivity index (χ3v) is 6.19. The lowest BCUT2D eigenvalue weighted by Crippen LogP contribution is -2.57. The van der Waals surface area contributed by atoms with Crippen LogP contribution in [0.15, 0.2) is 29.2 Å². The third kappa shape index (κ3) is 3.09. The lowest BCUT2D eigenvalue weighted by molar-refractivity contribution is -0.132. The summed E-state index contributed by atoms with van der Waals surface area (Å²) in [4.78, 5) is 39.8. The number of carbonyl (C=O) groups excluding carboxylic acids is 2. The van der Waals surface area contributed by atoms with Crippen molar-refractivity contribution in [2.24, 2.45) is 0 Å². The minimum atomic E-state index is -1.02. The van der Waals surface area contributed by atoms with Crippen LogP contribution in [0, 0.1) is 11.6 Å². The second-order valence-corrected chi connectivity index (χ2v) is 8.00. The van der Waals surface area contributed by atoms with Gasteiger partial charge in [0.15, 0.2) is 17.7 Å². The molecular formula is C21H19F2N3O5. The van der Waals surface area contributed by atoms with E-state index in [0.29, 0.717) is 0 Å². The molecule has 3 heterocycles. The van der Waals surface area contributed by atoms with Crippen LogP contribution < -0.4 is 10.7 Å². The number of aromatic hydroxyl groups is 1. The summed E-state index contributed by atoms with van der Waals surface area (Å²) < 4.78 is 34.9. The zero-order chi connectivity index (χ0) is 21.9. The Morgan fingerprint density at radius 1 is 1.23 bits per heavy atom. The largest absolute Gasteiger partial charge is 0.503 e. The number of aromatic nitrogens is 1. The van der Waals surface area contributed by atoms with E-state index in [2.05, 4.69) is 5.32 Å².